The van der Waals surface area contributed by atoms with Crippen LogP contribution in [0.4, 0.5) is 0 Å². The van der Waals surface area contributed by atoms with Gasteiger partial charge in [-0.05, 0) is 44.6 Å². The lowest BCUT2D eigenvalue weighted by Crippen LogP contribution is -2.49. The van der Waals surface area contributed by atoms with Gasteiger partial charge < -0.3 is 19.2 Å². The van der Waals surface area contributed by atoms with Gasteiger partial charge >= 0.3 is 5.63 Å². The van der Waals surface area contributed by atoms with Crippen molar-refractivity contribution in [2.75, 3.05) is 40.8 Å². The molecule has 6 heteroatoms. The van der Waals surface area contributed by atoms with E-state index in [0.29, 0.717) is 24.4 Å². The van der Waals surface area contributed by atoms with Crippen molar-refractivity contribution in [3.05, 3.63) is 40.2 Å². The second-order valence-electron chi connectivity index (χ2n) is 7.19. The van der Waals surface area contributed by atoms with E-state index in [0.717, 1.165) is 36.9 Å². The molecule has 25 heavy (non-hydrogen) atoms. The lowest BCUT2D eigenvalue weighted by Gasteiger charge is -2.39. The number of likely N-dealkylation sites (N-methyl/N-ethyl adjacent to an activating group) is 1. The normalized spacial score (nSPS) is 18.0. The maximum absolute atomic E-state index is 11.9. The van der Waals surface area contributed by atoms with E-state index in [1.54, 1.807) is 19.2 Å². The molecule has 136 valence electrons. The molecule has 1 fully saturated rings. The van der Waals surface area contributed by atoms with Crippen LogP contribution < -0.4 is 10.4 Å². The number of likely N-dealkylation sites (tertiary alicyclic amines) is 1. The third-order valence-electron chi connectivity index (χ3n) is 4.83. The Labute approximate surface area is 147 Å². The van der Waals surface area contributed by atoms with Crippen LogP contribution in [0.5, 0.6) is 5.75 Å². The Bertz CT molecular complexity index is 792. The average Bonchev–Trinajstić information content (AvgIpc) is 2.55. The summed E-state index contributed by atoms with van der Waals surface area (Å²) in [6.07, 6.45) is 1.47. The van der Waals surface area contributed by atoms with Crippen molar-refractivity contribution in [3.63, 3.8) is 0 Å². The number of aliphatic hydroxyl groups is 1. The van der Waals surface area contributed by atoms with E-state index in [4.69, 9.17) is 9.15 Å². The number of rotatable bonds is 5. The average molecular weight is 346 g/mol. The van der Waals surface area contributed by atoms with Gasteiger partial charge in [0.1, 0.15) is 11.3 Å². The van der Waals surface area contributed by atoms with Gasteiger partial charge in [-0.25, -0.2) is 4.79 Å². The minimum absolute atomic E-state index is 0.350. The highest BCUT2D eigenvalue weighted by atomic mass is 16.5. The fraction of sp³-hybridized carbons (Fsp3) is 0.526. The predicted octanol–water partition coefficient (Wildman–Crippen LogP) is 1.69. The van der Waals surface area contributed by atoms with Gasteiger partial charge in [0, 0.05) is 43.7 Å². The first-order valence-corrected chi connectivity index (χ1v) is 8.59. The van der Waals surface area contributed by atoms with E-state index in [-0.39, 0.29) is 5.63 Å². The smallest absolute Gasteiger partial charge is 0.336 e. The Morgan fingerprint density at radius 2 is 2.00 bits per heavy atom. The van der Waals surface area contributed by atoms with Crippen LogP contribution in [0.1, 0.15) is 18.4 Å². The molecule has 0 radical (unpaired) electrons. The van der Waals surface area contributed by atoms with Gasteiger partial charge in [-0.1, -0.05) is 0 Å². The van der Waals surface area contributed by atoms with Crippen molar-refractivity contribution in [1.82, 2.24) is 9.80 Å². The van der Waals surface area contributed by atoms with Gasteiger partial charge in [-0.2, -0.15) is 0 Å². The summed E-state index contributed by atoms with van der Waals surface area (Å²) < 4.78 is 10.5. The van der Waals surface area contributed by atoms with E-state index in [9.17, 15) is 9.90 Å². The van der Waals surface area contributed by atoms with Crippen LogP contribution in [0.25, 0.3) is 11.0 Å². The van der Waals surface area contributed by atoms with E-state index >= 15 is 0 Å². The summed E-state index contributed by atoms with van der Waals surface area (Å²) in [4.78, 5) is 16.2. The van der Waals surface area contributed by atoms with E-state index in [1.165, 1.54) is 0 Å². The van der Waals surface area contributed by atoms with Crippen LogP contribution in [0, 0.1) is 0 Å². The highest BCUT2D eigenvalue weighted by molar-refractivity contribution is 5.81. The summed E-state index contributed by atoms with van der Waals surface area (Å²) >= 11 is 0. The molecular formula is C19H26N2O4. The second kappa shape index (κ2) is 7.15. The lowest BCUT2D eigenvalue weighted by molar-refractivity contribution is -0.0387. The van der Waals surface area contributed by atoms with Crippen LogP contribution in [0.2, 0.25) is 0 Å². The molecular weight excluding hydrogens is 320 g/mol. The second-order valence-corrected chi connectivity index (χ2v) is 7.19. The third-order valence-corrected chi connectivity index (χ3v) is 4.83. The Kier molecular flexibility index (Phi) is 5.13. The number of nitrogens with zero attached hydrogens (tertiary/aromatic N) is 2. The Morgan fingerprint density at radius 3 is 2.64 bits per heavy atom. The molecule has 0 spiro atoms. The van der Waals surface area contributed by atoms with Crippen LogP contribution in [-0.2, 0) is 6.54 Å². The summed E-state index contributed by atoms with van der Waals surface area (Å²) in [5.74, 6) is 0.666. The number of benzene rings is 1. The first-order chi connectivity index (χ1) is 11.9. The topological polar surface area (TPSA) is 66.2 Å². The molecule has 2 aromatic rings. The maximum atomic E-state index is 11.9. The molecule has 6 nitrogen and oxygen atoms in total. The zero-order valence-corrected chi connectivity index (χ0v) is 15.1. The van der Waals surface area contributed by atoms with E-state index in [1.807, 2.05) is 31.1 Å². The van der Waals surface area contributed by atoms with Crippen LogP contribution >= 0.6 is 0 Å². The predicted molar refractivity (Wildman–Crippen MR) is 97.1 cm³/mol. The van der Waals surface area contributed by atoms with Gasteiger partial charge in [0.05, 0.1) is 12.7 Å². The van der Waals surface area contributed by atoms with Crippen LogP contribution in [-0.4, -0.2) is 61.3 Å². The highest BCUT2D eigenvalue weighted by Crippen LogP contribution is 2.27. The third kappa shape index (κ3) is 4.21. The lowest BCUT2D eigenvalue weighted by atomic mass is 9.90. The Balaban J connectivity index is 1.77. The summed E-state index contributed by atoms with van der Waals surface area (Å²) in [5, 5.41) is 11.6. The first-order valence-electron chi connectivity index (χ1n) is 8.59. The van der Waals surface area contributed by atoms with Crippen molar-refractivity contribution in [2.24, 2.45) is 0 Å². The summed E-state index contributed by atoms with van der Waals surface area (Å²) in [7, 11) is 5.55. The first kappa shape index (κ1) is 17.9. The fourth-order valence-corrected chi connectivity index (χ4v) is 3.58. The van der Waals surface area contributed by atoms with Gasteiger partial charge in [0.15, 0.2) is 0 Å². The molecule has 1 aromatic heterocycles. The molecule has 0 amide bonds. The minimum atomic E-state index is -0.620. The largest absolute Gasteiger partial charge is 0.497 e. The Hall–Kier alpha value is -1.89. The summed E-state index contributed by atoms with van der Waals surface area (Å²) in [5.41, 5.74) is 0.525. The molecule has 1 aromatic carbocycles. The molecule has 1 aliphatic heterocycles. The molecule has 2 heterocycles. The highest BCUT2D eigenvalue weighted by Gasteiger charge is 2.32. The number of hydrogen-bond acceptors (Lipinski definition) is 6. The van der Waals surface area contributed by atoms with Crippen molar-refractivity contribution >= 4 is 11.0 Å². The maximum Gasteiger partial charge on any atom is 0.336 e. The monoisotopic (exact) mass is 346 g/mol. The van der Waals surface area contributed by atoms with Gasteiger partial charge in [-0.15, -0.1) is 0 Å². The van der Waals surface area contributed by atoms with Crippen molar-refractivity contribution in [2.45, 2.75) is 25.0 Å². The van der Waals surface area contributed by atoms with E-state index in [2.05, 4.69) is 4.90 Å². The minimum Gasteiger partial charge on any atom is -0.497 e. The zero-order chi connectivity index (χ0) is 18.0. The fourth-order valence-electron chi connectivity index (χ4n) is 3.58. The van der Waals surface area contributed by atoms with Crippen molar-refractivity contribution < 1.29 is 14.3 Å². The molecule has 1 aliphatic rings. The number of piperidine rings is 1. The van der Waals surface area contributed by atoms with Crippen molar-refractivity contribution in [3.8, 4) is 5.75 Å². The summed E-state index contributed by atoms with van der Waals surface area (Å²) in [6, 6.07) is 7.11. The summed E-state index contributed by atoms with van der Waals surface area (Å²) in [6.45, 7) is 2.97. The Morgan fingerprint density at radius 1 is 1.28 bits per heavy atom. The number of hydrogen-bond donors (Lipinski definition) is 1. The molecule has 0 atom stereocenters. The standard InChI is InChI=1S/C19H26N2O4/c1-20(2)13-19(23)6-8-21(9-7-19)12-14-10-18(22)25-17-11-15(24-3)4-5-16(14)17/h4-5,10-11,23H,6-9,12-13H2,1-3H3. The molecule has 3 rings (SSSR count). The van der Waals surface area contributed by atoms with Crippen molar-refractivity contribution in [1.29, 1.82) is 0 Å². The molecule has 0 saturated carbocycles. The van der Waals surface area contributed by atoms with E-state index < -0.39 is 5.60 Å². The molecule has 1 saturated heterocycles. The molecule has 1 N–H and O–H groups in total. The number of fused-ring (bicyclic) bond motifs is 1. The molecule has 0 bridgehead atoms. The zero-order valence-electron chi connectivity index (χ0n) is 15.1. The number of ether oxygens (including phenoxy) is 1. The van der Waals surface area contributed by atoms with Gasteiger partial charge in [0.2, 0.25) is 0 Å². The quantitative estimate of drug-likeness (QED) is 0.831. The van der Waals surface area contributed by atoms with Crippen LogP contribution in [0.15, 0.2) is 33.5 Å². The van der Waals surface area contributed by atoms with Gasteiger partial charge in [-0.3, -0.25) is 4.90 Å². The van der Waals surface area contributed by atoms with Crippen LogP contribution in [0.3, 0.4) is 0 Å². The number of methoxy groups -OCH3 is 1. The SMILES string of the molecule is COc1ccc2c(CN3CCC(O)(CN(C)C)CC3)cc(=O)oc2c1. The van der Waals surface area contributed by atoms with Gasteiger partial charge in [0.25, 0.3) is 0 Å². The molecule has 0 unspecified atom stereocenters. The molecule has 0 aliphatic carbocycles.